The van der Waals surface area contributed by atoms with Gasteiger partial charge in [-0.05, 0) is 6.92 Å². The van der Waals surface area contributed by atoms with Crippen molar-refractivity contribution in [2.24, 2.45) is 0 Å². The van der Waals surface area contributed by atoms with Crippen LogP contribution in [0.1, 0.15) is 6.92 Å². The zero-order chi connectivity index (χ0) is 9.72. The van der Waals surface area contributed by atoms with Crippen molar-refractivity contribution in [2.45, 2.75) is 13.0 Å². The van der Waals surface area contributed by atoms with Gasteiger partial charge >= 0.3 is 11.9 Å². The molecule has 3 N–H and O–H groups in total. The van der Waals surface area contributed by atoms with Crippen molar-refractivity contribution < 1.29 is 19.5 Å². The van der Waals surface area contributed by atoms with E-state index in [0.717, 1.165) is 0 Å². The number of likely N-dealkylation sites (N-methyl/N-ethyl adjacent to an activating group) is 1. The number of amides is 2. The SMILES string of the molecule is CNC(=O)C(C)NC(=O)C(=O)O. The average Bonchev–Trinajstić information content (AvgIpc) is 2.02. The Morgan fingerprint density at radius 1 is 1.33 bits per heavy atom. The molecule has 0 fully saturated rings. The number of hydrogen-bond acceptors (Lipinski definition) is 3. The molecule has 0 saturated heterocycles. The van der Waals surface area contributed by atoms with Crippen LogP contribution in [-0.2, 0) is 14.4 Å². The van der Waals surface area contributed by atoms with Crippen molar-refractivity contribution >= 4 is 17.8 Å². The molecule has 0 saturated carbocycles. The lowest BCUT2D eigenvalue weighted by Crippen LogP contribution is -2.45. The van der Waals surface area contributed by atoms with E-state index in [1.165, 1.54) is 14.0 Å². The summed E-state index contributed by atoms with van der Waals surface area (Å²) in [4.78, 5) is 31.2. The first-order valence-electron chi connectivity index (χ1n) is 3.24. The first-order chi connectivity index (χ1) is 5.49. The van der Waals surface area contributed by atoms with E-state index >= 15 is 0 Å². The average molecular weight is 174 g/mol. The molecular weight excluding hydrogens is 164 g/mol. The predicted molar refractivity (Wildman–Crippen MR) is 39.3 cm³/mol. The third-order valence-corrected chi connectivity index (χ3v) is 1.18. The summed E-state index contributed by atoms with van der Waals surface area (Å²) in [5.41, 5.74) is 0. The van der Waals surface area contributed by atoms with Crippen LogP contribution >= 0.6 is 0 Å². The lowest BCUT2D eigenvalue weighted by Gasteiger charge is -2.09. The number of rotatable bonds is 2. The normalized spacial score (nSPS) is 11.5. The summed E-state index contributed by atoms with van der Waals surface area (Å²) in [6.07, 6.45) is 0. The second-order valence-electron chi connectivity index (χ2n) is 2.11. The summed E-state index contributed by atoms with van der Waals surface area (Å²) in [6.45, 7) is 1.39. The predicted octanol–water partition coefficient (Wildman–Crippen LogP) is -1.68. The van der Waals surface area contributed by atoms with Crippen LogP contribution in [-0.4, -0.2) is 36.0 Å². The van der Waals surface area contributed by atoms with Gasteiger partial charge in [-0.2, -0.15) is 0 Å². The Labute approximate surface area is 68.9 Å². The summed E-state index contributed by atoms with van der Waals surface area (Å²) in [5.74, 6) is -3.23. The van der Waals surface area contributed by atoms with Crippen molar-refractivity contribution in [1.29, 1.82) is 0 Å². The van der Waals surface area contributed by atoms with Crippen molar-refractivity contribution in [3.63, 3.8) is 0 Å². The summed E-state index contributed by atoms with van der Waals surface area (Å²) >= 11 is 0. The summed E-state index contributed by atoms with van der Waals surface area (Å²) in [6, 6.07) is -0.835. The van der Waals surface area contributed by atoms with E-state index in [9.17, 15) is 14.4 Å². The molecule has 0 aromatic carbocycles. The zero-order valence-electron chi connectivity index (χ0n) is 6.75. The lowest BCUT2D eigenvalue weighted by molar-refractivity contribution is -0.150. The fourth-order valence-corrected chi connectivity index (χ4v) is 0.540. The number of nitrogens with one attached hydrogen (secondary N) is 2. The van der Waals surface area contributed by atoms with Crippen LogP contribution in [0.15, 0.2) is 0 Å². The van der Waals surface area contributed by atoms with Crippen molar-refractivity contribution in [1.82, 2.24) is 10.6 Å². The van der Waals surface area contributed by atoms with Crippen LogP contribution < -0.4 is 10.6 Å². The molecule has 0 aromatic heterocycles. The fraction of sp³-hybridized carbons (Fsp3) is 0.500. The van der Waals surface area contributed by atoms with Crippen molar-refractivity contribution in [2.75, 3.05) is 7.05 Å². The Balaban J connectivity index is 4.01. The Hall–Kier alpha value is -1.59. The monoisotopic (exact) mass is 174 g/mol. The minimum Gasteiger partial charge on any atom is -0.474 e. The van der Waals surface area contributed by atoms with E-state index in [1.54, 1.807) is 0 Å². The number of hydrogen-bond donors (Lipinski definition) is 3. The highest BCUT2D eigenvalue weighted by molar-refractivity contribution is 6.31. The molecule has 0 bridgehead atoms. The van der Waals surface area contributed by atoms with E-state index in [1.807, 2.05) is 5.32 Å². The van der Waals surface area contributed by atoms with Crippen LogP contribution in [0.4, 0.5) is 0 Å². The summed E-state index contributed by atoms with van der Waals surface area (Å²) < 4.78 is 0. The minimum absolute atomic E-state index is 0.440. The molecule has 0 aliphatic rings. The number of carbonyl (C=O) groups excluding carboxylic acids is 2. The maximum atomic E-state index is 10.8. The van der Waals surface area contributed by atoms with Gasteiger partial charge in [0, 0.05) is 7.05 Å². The quantitative estimate of drug-likeness (QED) is 0.436. The molecule has 1 unspecified atom stereocenters. The summed E-state index contributed by atoms with van der Waals surface area (Å²) in [7, 11) is 1.39. The molecule has 6 heteroatoms. The largest absolute Gasteiger partial charge is 0.474 e. The second-order valence-corrected chi connectivity index (χ2v) is 2.11. The van der Waals surface area contributed by atoms with Crippen LogP contribution in [0.5, 0.6) is 0 Å². The Bertz CT molecular complexity index is 214. The number of aliphatic carboxylic acids is 1. The van der Waals surface area contributed by atoms with Crippen LogP contribution in [0.2, 0.25) is 0 Å². The molecule has 68 valence electrons. The van der Waals surface area contributed by atoms with Crippen molar-refractivity contribution in [3.8, 4) is 0 Å². The lowest BCUT2D eigenvalue weighted by atomic mass is 10.3. The molecule has 0 aromatic rings. The molecule has 0 aliphatic carbocycles. The Kier molecular flexibility index (Phi) is 3.75. The van der Waals surface area contributed by atoms with Gasteiger partial charge in [0.25, 0.3) is 0 Å². The van der Waals surface area contributed by atoms with E-state index in [0.29, 0.717) is 0 Å². The van der Waals surface area contributed by atoms with Crippen LogP contribution in [0, 0.1) is 0 Å². The van der Waals surface area contributed by atoms with E-state index < -0.39 is 23.8 Å². The first kappa shape index (κ1) is 10.4. The molecule has 0 rings (SSSR count). The molecule has 2 amide bonds. The summed E-state index contributed by atoms with van der Waals surface area (Å²) in [5, 5.41) is 12.4. The maximum absolute atomic E-state index is 10.8. The van der Waals surface area contributed by atoms with Gasteiger partial charge in [-0.15, -0.1) is 0 Å². The van der Waals surface area contributed by atoms with Gasteiger partial charge in [-0.1, -0.05) is 0 Å². The molecule has 0 spiro atoms. The molecule has 0 heterocycles. The van der Waals surface area contributed by atoms with Gasteiger partial charge in [0.1, 0.15) is 6.04 Å². The van der Waals surface area contributed by atoms with Crippen LogP contribution in [0.25, 0.3) is 0 Å². The van der Waals surface area contributed by atoms with Crippen molar-refractivity contribution in [3.05, 3.63) is 0 Å². The van der Waals surface area contributed by atoms with Gasteiger partial charge in [-0.25, -0.2) is 4.79 Å². The fourth-order valence-electron chi connectivity index (χ4n) is 0.540. The number of carboxylic acid groups (broad SMARTS) is 1. The minimum atomic E-state index is -1.61. The highest BCUT2D eigenvalue weighted by Crippen LogP contribution is 1.80. The van der Waals surface area contributed by atoms with Gasteiger partial charge in [-0.3, -0.25) is 9.59 Å². The second kappa shape index (κ2) is 4.32. The standard InChI is InChI=1S/C6H10N2O4/c1-3(4(9)7-2)8-5(10)6(11)12/h3H,1-2H3,(H,7,9)(H,8,10)(H,11,12). The molecular formula is C6H10N2O4. The van der Waals surface area contributed by atoms with Crippen LogP contribution in [0.3, 0.4) is 0 Å². The number of carbonyl (C=O) groups is 3. The van der Waals surface area contributed by atoms with Gasteiger partial charge in [0.15, 0.2) is 0 Å². The smallest absolute Gasteiger partial charge is 0.394 e. The van der Waals surface area contributed by atoms with E-state index in [2.05, 4.69) is 5.32 Å². The Morgan fingerprint density at radius 3 is 2.17 bits per heavy atom. The molecule has 1 atom stereocenters. The third kappa shape index (κ3) is 3.00. The maximum Gasteiger partial charge on any atom is 0.394 e. The number of carboxylic acids is 1. The first-order valence-corrected chi connectivity index (χ1v) is 3.24. The molecule has 6 nitrogen and oxygen atoms in total. The third-order valence-electron chi connectivity index (χ3n) is 1.18. The molecule has 0 aliphatic heterocycles. The Morgan fingerprint density at radius 2 is 1.83 bits per heavy atom. The zero-order valence-corrected chi connectivity index (χ0v) is 6.75. The highest BCUT2D eigenvalue weighted by atomic mass is 16.4. The van der Waals surface area contributed by atoms with E-state index in [4.69, 9.17) is 5.11 Å². The molecule has 0 radical (unpaired) electrons. The highest BCUT2D eigenvalue weighted by Gasteiger charge is 2.18. The van der Waals surface area contributed by atoms with Gasteiger partial charge < -0.3 is 15.7 Å². The van der Waals surface area contributed by atoms with Gasteiger partial charge in [0.05, 0.1) is 0 Å². The van der Waals surface area contributed by atoms with Gasteiger partial charge in [0.2, 0.25) is 5.91 Å². The van der Waals surface area contributed by atoms with E-state index in [-0.39, 0.29) is 0 Å². The molecule has 12 heavy (non-hydrogen) atoms. The topological polar surface area (TPSA) is 95.5 Å².